The predicted molar refractivity (Wildman–Crippen MR) is 76.2 cm³/mol. The Kier molecular flexibility index (Phi) is 7.98. The van der Waals surface area contributed by atoms with E-state index in [0.717, 1.165) is 12.8 Å². The standard InChI is InChI=1S/C15H28F3NO2/c1-2-3-4-5-6-7-10-21-12-13(20)11-19-14(8-9-14)15(16,17)18/h13,19-20H,2-12H2,1H3. The number of aliphatic hydroxyl groups excluding tert-OH is 1. The van der Waals surface area contributed by atoms with Crippen LogP contribution < -0.4 is 5.32 Å². The first-order chi connectivity index (χ1) is 9.91. The zero-order chi connectivity index (χ0) is 15.8. The smallest absolute Gasteiger partial charge is 0.389 e. The van der Waals surface area contributed by atoms with Gasteiger partial charge in [0.1, 0.15) is 5.54 Å². The summed E-state index contributed by atoms with van der Waals surface area (Å²) in [6.07, 6.45) is 2.03. The molecule has 1 aliphatic rings. The summed E-state index contributed by atoms with van der Waals surface area (Å²) in [5, 5.41) is 12.1. The molecular formula is C15H28F3NO2. The quantitative estimate of drug-likeness (QED) is 0.543. The molecule has 0 aliphatic heterocycles. The molecule has 0 radical (unpaired) electrons. The van der Waals surface area contributed by atoms with Gasteiger partial charge in [0.2, 0.25) is 0 Å². The van der Waals surface area contributed by atoms with Gasteiger partial charge in [0, 0.05) is 13.2 Å². The van der Waals surface area contributed by atoms with Crippen molar-refractivity contribution in [3.8, 4) is 0 Å². The molecule has 1 aliphatic carbocycles. The summed E-state index contributed by atoms with van der Waals surface area (Å²) < 4.78 is 43.3. The molecule has 0 bridgehead atoms. The molecule has 1 unspecified atom stereocenters. The average Bonchev–Trinajstić information content (AvgIpc) is 3.20. The molecule has 126 valence electrons. The van der Waals surface area contributed by atoms with Crippen molar-refractivity contribution < 1.29 is 23.0 Å². The van der Waals surface area contributed by atoms with Gasteiger partial charge >= 0.3 is 6.18 Å². The van der Waals surface area contributed by atoms with Crippen LogP contribution in [0.15, 0.2) is 0 Å². The van der Waals surface area contributed by atoms with Crippen molar-refractivity contribution in [3.05, 3.63) is 0 Å². The number of hydrogen-bond donors (Lipinski definition) is 2. The average molecular weight is 311 g/mol. The van der Waals surface area contributed by atoms with Crippen LogP contribution in [0.5, 0.6) is 0 Å². The van der Waals surface area contributed by atoms with Gasteiger partial charge in [-0.15, -0.1) is 0 Å². The van der Waals surface area contributed by atoms with Gasteiger partial charge in [-0.2, -0.15) is 13.2 Å². The number of unbranched alkanes of at least 4 members (excludes halogenated alkanes) is 5. The zero-order valence-electron chi connectivity index (χ0n) is 12.8. The number of rotatable bonds is 12. The van der Waals surface area contributed by atoms with Gasteiger partial charge in [-0.25, -0.2) is 0 Å². The fourth-order valence-corrected chi connectivity index (χ4v) is 2.26. The van der Waals surface area contributed by atoms with Gasteiger partial charge in [-0.05, 0) is 19.3 Å². The molecule has 0 aromatic carbocycles. The fraction of sp³-hybridized carbons (Fsp3) is 1.00. The molecule has 6 heteroatoms. The van der Waals surface area contributed by atoms with Gasteiger partial charge in [0.15, 0.2) is 0 Å². The summed E-state index contributed by atoms with van der Waals surface area (Å²) in [5.74, 6) is 0. The van der Waals surface area contributed by atoms with E-state index in [1.807, 2.05) is 0 Å². The highest BCUT2D eigenvalue weighted by Gasteiger charge is 2.63. The predicted octanol–water partition coefficient (Wildman–Crippen LogP) is 3.41. The Morgan fingerprint density at radius 1 is 1.14 bits per heavy atom. The lowest BCUT2D eigenvalue weighted by Crippen LogP contribution is -2.48. The van der Waals surface area contributed by atoms with Crippen molar-refractivity contribution in [3.63, 3.8) is 0 Å². The van der Waals surface area contributed by atoms with Crippen LogP contribution in [0.3, 0.4) is 0 Å². The molecule has 0 heterocycles. The van der Waals surface area contributed by atoms with Gasteiger partial charge < -0.3 is 15.2 Å². The summed E-state index contributed by atoms with van der Waals surface area (Å²) in [7, 11) is 0. The molecule has 0 amide bonds. The fourth-order valence-electron chi connectivity index (χ4n) is 2.26. The minimum atomic E-state index is -4.23. The highest BCUT2D eigenvalue weighted by atomic mass is 19.4. The Bertz CT molecular complexity index is 281. The van der Waals surface area contributed by atoms with Crippen molar-refractivity contribution >= 4 is 0 Å². The summed E-state index contributed by atoms with van der Waals surface area (Å²) in [4.78, 5) is 0. The van der Waals surface area contributed by atoms with E-state index in [4.69, 9.17) is 4.74 Å². The molecule has 2 N–H and O–H groups in total. The normalized spacial score (nSPS) is 18.7. The maximum absolute atomic E-state index is 12.7. The van der Waals surface area contributed by atoms with Gasteiger partial charge in [0.25, 0.3) is 0 Å². The van der Waals surface area contributed by atoms with E-state index in [1.165, 1.54) is 25.7 Å². The first-order valence-corrected chi connectivity index (χ1v) is 7.99. The first-order valence-electron chi connectivity index (χ1n) is 7.99. The molecule has 1 atom stereocenters. The minimum absolute atomic E-state index is 0.0734. The van der Waals surface area contributed by atoms with E-state index in [2.05, 4.69) is 12.2 Å². The molecule has 21 heavy (non-hydrogen) atoms. The van der Waals surface area contributed by atoms with Crippen LogP contribution in [0.25, 0.3) is 0 Å². The Hall–Kier alpha value is -0.330. The maximum atomic E-state index is 12.7. The topological polar surface area (TPSA) is 41.5 Å². The lowest BCUT2D eigenvalue weighted by molar-refractivity contribution is -0.167. The lowest BCUT2D eigenvalue weighted by atomic mass is 10.1. The van der Waals surface area contributed by atoms with Crippen molar-refractivity contribution in [2.24, 2.45) is 0 Å². The second-order valence-corrected chi connectivity index (χ2v) is 5.96. The van der Waals surface area contributed by atoms with Crippen molar-refractivity contribution in [1.29, 1.82) is 0 Å². The number of alkyl halides is 3. The van der Waals surface area contributed by atoms with E-state index in [1.54, 1.807) is 0 Å². The molecule has 3 nitrogen and oxygen atoms in total. The van der Waals surface area contributed by atoms with Gasteiger partial charge in [0.05, 0.1) is 12.7 Å². The highest BCUT2D eigenvalue weighted by Crippen LogP contribution is 2.48. The monoisotopic (exact) mass is 311 g/mol. The summed E-state index contributed by atoms with van der Waals surface area (Å²) in [6.45, 7) is 2.75. The Labute approximate surface area is 125 Å². The molecule has 0 aromatic heterocycles. The summed E-state index contributed by atoms with van der Waals surface area (Å²) >= 11 is 0. The third-order valence-electron chi connectivity index (χ3n) is 3.92. The Balaban J connectivity index is 1.96. The minimum Gasteiger partial charge on any atom is -0.389 e. The molecule has 0 aromatic rings. The van der Waals surface area contributed by atoms with Crippen LogP contribution in [0, 0.1) is 0 Å². The Morgan fingerprint density at radius 3 is 2.33 bits per heavy atom. The van der Waals surface area contributed by atoms with E-state index < -0.39 is 17.8 Å². The maximum Gasteiger partial charge on any atom is 0.406 e. The second kappa shape index (κ2) is 8.96. The number of ether oxygens (including phenoxy) is 1. The molecule has 1 fully saturated rings. The molecule has 0 saturated heterocycles. The van der Waals surface area contributed by atoms with E-state index in [0.29, 0.717) is 6.61 Å². The summed E-state index contributed by atoms with van der Waals surface area (Å²) in [6, 6.07) is 0. The second-order valence-electron chi connectivity index (χ2n) is 5.96. The third kappa shape index (κ3) is 6.98. The number of hydrogen-bond acceptors (Lipinski definition) is 3. The number of nitrogens with one attached hydrogen (secondary N) is 1. The zero-order valence-corrected chi connectivity index (χ0v) is 12.8. The molecular weight excluding hydrogens is 283 g/mol. The van der Waals surface area contributed by atoms with Crippen LogP contribution in [-0.2, 0) is 4.74 Å². The largest absolute Gasteiger partial charge is 0.406 e. The van der Waals surface area contributed by atoms with E-state index in [9.17, 15) is 18.3 Å². The molecule has 1 saturated carbocycles. The third-order valence-corrected chi connectivity index (χ3v) is 3.92. The van der Waals surface area contributed by atoms with Crippen molar-refractivity contribution in [2.75, 3.05) is 19.8 Å². The van der Waals surface area contributed by atoms with Crippen LogP contribution in [0.1, 0.15) is 58.3 Å². The number of aliphatic hydroxyl groups is 1. The highest BCUT2D eigenvalue weighted by molar-refractivity contribution is 5.08. The first kappa shape index (κ1) is 18.7. The number of halogens is 3. The summed E-state index contributed by atoms with van der Waals surface area (Å²) in [5.41, 5.74) is -1.76. The molecule has 1 rings (SSSR count). The van der Waals surface area contributed by atoms with Crippen LogP contribution >= 0.6 is 0 Å². The van der Waals surface area contributed by atoms with E-state index in [-0.39, 0.29) is 26.0 Å². The lowest BCUT2D eigenvalue weighted by Gasteiger charge is -2.22. The van der Waals surface area contributed by atoms with Gasteiger partial charge in [-0.1, -0.05) is 39.0 Å². The van der Waals surface area contributed by atoms with Crippen molar-refractivity contribution in [1.82, 2.24) is 5.32 Å². The van der Waals surface area contributed by atoms with Crippen LogP contribution in [0.4, 0.5) is 13.2 Å². The van der Waals surface area contributed by atoms with Crippen LogP contribution in [-0.4, -0.2) is 42.7 Å². The van der Waals surface area contributed by atoms with Crippen molar-refractivity contribution in [2.45, 2.75) is 76.1 Å². The van der Waals surface area contributed by atoms with E-state index >= 15 is 0 Å². The SMILES string of the molecule is CCCCCCCCOCC(O)CNC1(C(F)(F)F)CC1. The van der Waals surface area contributed by atoms with Gasteiger partial charge in [-0.3, -0.25) is 0 Å². The van der Waals surface area contributed by atoms with Crippen LogP contribution in [0.2, 0.25) is 0 Å². The Morgan fingerprint density at radius 2 is 1.76 bits per heavy atom. The molecule has 0 spiro atoms. The number of β-amino-alcohol motifs (C(OH)–C–C–N with tert-alkyl or cyclic N) is 1.